The maximum atomic E-state index is 12.6. The summed E-state index contributed by atoms with van der Waals surface area (Å²) in [4.78, 5) is 18.5. The molecule has 0 fully saturated rings. The van der Waals surface area contributed by atoms with Crippen LogP contribution in [-0.2, 0) is 17.8 Å². The molecule has 4 nitrogen and oxygen atoms in total. The quantitative estimate of drug-likeness (QED) is 0.430. The van der Waals surface area contributed by atoms with Gasteiger partial charge in [0.05, 0.1) is 12.9 Å². The monoisotopic (exact) mass is 375 g/mol. The average Bonchev–Trinajstić information content (AvgIpc) is 3.12. The zero-order chi connectivity index (χ0) is 20.4. The van der Waals surface area contributed by atoms with E-state index in [-0.39, 0.29) is 5.91 Å². The zero-order valence-corrected chi connectivity index (χ0v) is 16.7. The molecule has 0 aliphatic heterocycles. The van der Waals surface area contributed by atoms with Crippen LogP contribution in [0.15, 0.2) is 97.7 Å². The Bertz CT molecular complexity index is 849. The van der Waals surface area contributed by atoms with Crippen LogP contribution in [0, 0.1) is 0 Å². The Labute approximate surface area is 168 Å². The summed E-state index contributed by atoms with van der Waals surface area (Å²) in [5.41, 5.74) is 4.23. The number of rotatable bonds is 10. The van der Waals surface area contributed by atoms with Crippen LogP contribution in [0.5, 0.6) is 0 Å². The summed E-state index contributed by atoms with van der Waals surface area (Å²) in [5.74, 6) is -0.0626. The molecule has 1 aliphatic rings. The Morgan fingerprint density at radius 3 is 2.79 bits per heavy atom. The molecule has 1 aromatic heterocycles. The number of imidazole rings is 1. The lowest BCUT2D eigenvalue weighted by molar-refractivity contribution is -0.123. The number of carbonyl (C=O) groups excluding carboxylic acids is 1. The maximum absolute atomic E-state index is 12.6. The van der Waals surface area contributed by atoms with Gasteiger partial charge >= 0.3 is 0 Å². The second-order valence-electron chi connectivity index (χ2n) is 6.77. The van der Waals surface area contributed by atoms with Gasteiger partial charge in [-0.25, -0.2) is 4.98 Å². The predicted octanol–water partition coefficient (Wildman–Crippen LogP) is 4.92. The molecule has 28 heavy (non-hydrogen) atoms. The van der Waals surface area contributed by atoms with Crippen LogP contribution in [0.2, 0.25) is 0 Å². The molecular weight excluding hydrogens is 346 g/mol. The van der Waals surface area contributed by atoms with Crippen LogP contribution in [0.4, 0.5) is 0 Å². The molecule has 1 heterocycles. The van der Waals surface area contributed by atoms with Gasteiger partial charge in [0.25, 0.3) is 5.91 Å². The minimum atomic E-state index is -0.0626. The van der Waals surface area contributed by atoms with Crippen molar-refractivity contribution in [1.29, 1.82) is 0 Å². The smallest absolute Gasteiger partial charge is 0.250 e. The van der Waals surface area contributed by atoms with Crippen molar-refractivity contribution >= 4 is 5.91 Å². The van der Waals surface area contributed by atoms with Crippen molar-refractivity contribution in [2.75, 3.05) is 6.54 Å². The molecule has 1 amide bonds. The van der Waals surface area contributed by atoms with E-state index in [0.717, 1.165) is 41.7 Å². The molecule has 0 bridgehead atoms. The second kappa shape index (κ2) is 10.9. The van der Waals surface area contributed by atoms with Crippen LogP contribution in [0.25, 0.3) is 0 Å². The standard InChI is InChI=1S/C24H29N3O/c1-5-11-21(6-2)15-23-16-25-19-27(23)17-20(4)14-24(28)26(7-3)18-22-12-9-8-10-13-22/h5-7,9,11-14,16,19H,1-3,8,10,15,17-18H2,4H3/b20-14+,21-11+. The highest BCUT2D eigenvalue weighted by Crippen LogP contribution is 2.14. The highest BCUT2D eigenvalue weighted by molar-refractivity contribution is 5.89. The van der Waals surface area contributed by atoms with Gasteiger partial charge in [0, 0.05) is 37.1 Å². The first kappa shape index (κ1) is 21.2. The lowest BCUT2D eigenvalue weighted by Crippen LogP contribution is -2.26. The molecule has 1 aromatic rings. The molecule has 4 heteroatoms. The fourth-order valence-electron chi connectivity index (χ4n) is 3.02. The van der Waals surface area contributed by atoms with Crippen LogP contribution < -0.4 is 0 Å². The SMILES string of the molecule is C=C/C=C(\C=C)Cc1cncn1C/C(C)=C/C(=O)N(C=C)CC1=CCCC=C1. The molecule has 0 radical (unpaired) electrons. The summed E-state index contributed by atoms with van der Waals surface area (Å²) >= 11 is 0. The topological polar surface area (TPSA) is 38.1 Å². The molecule has 0 saturated carbocycles. The minimum Gasteiger partial charge on any atom is -0.330 e. The second-order valence-corrected chi connectivity index (χ2v) is 6.77. The van der Waals surface area contributed by atoms with Gasteiger partial charge in [-0.05, 0) is 36.5 Å². The predicted molar refractivity (Wildman–Crippen MR) is 117 cm³/mol. The third kappa shape index (κ3) is 6.23. The summed E-state index contributed by atoms with van der Waals surface area (Å²) < 4.78 is 2.05. The van der Waals surface area contributed by atoms with Gasteiger partial charge in [0.15, 0.2) is 0 Å². The van der Waals surface area contributed by atoms with Gasteiger partial charge in [-0.1, -0.05) is 56.2 Å². The molecule has 1 aliphatic carbocycles. The highest BCUT2D eigenvalue weighted by atomic mass is 16.2. The molecule has 0 spiro atoms. The van der Waals surface area contributed by atoms with E-state index in [4.69, 9.17) is 0 Å². The number of nitrogens with zero attached hydrogens (tertiary/aromatic N) is 3. The number of allylic oxidation sites excluding steroid dienone is 7. The van der Waals surface area contributed by atoms with Crippen LogP contribution in [-0.4, -0.2) is 26.9 Å². The molecule has 0 atom stereocenters. The first-order valence-corrected chi connectivity index (χ1v) is 9.46. The first-order chi connectivity index (χ1) is 13.6. The highest BCUT2D eigenvalue weighted by Gasteiger charge is 2.11. The van der Waals surface area contributed by atoms with Crippen molar-refractivity contribution in [3.05, 3.63) is 103 Å². The average molecular weight is 376 g/mol. The molecule has 0 saturated heterocycles. The van der Waals surface area contributed by atoms with E-state index in [1.165, 1.54) is 0 Å². The molecule has 0 N–H and O–H groups in total. The van der Waals surface area contributed by atoms with Gasteiger partial charge in [0.1, 0.15) is 0 Å². The van der Waals surface area contributed by atoms with E-state index in [9.17, 15) is 4.79 Å². The number of amides is 1. The van der Waals surface area contributed by atoms with Crippen molar-refractivity contribution in [3.8, 4) is 0 Å². The third-order valence-electron chi connectivity index (χ3n) is 4.50. The van der Waals surface area contributed by atoms with E-state index in [2.05, 4.69) is 42.9 Å². The third-order valence-corrected chi connectivity index (χ3v) is 4.50. The molecule has 0 aromatic carbocycles. The van der Waals surface area contributed by atoms with Crippen LogP contribution >= 0.6 is 0 Å². The van der Waals surface area contributed by atoms with Crippen molar-refractivity contribution in [2.45, 2.75) is 32.7 Å². The summed E-state index contributed by atoms with van der Waals surface area (Å²) in [6.45, 7) is 14.5. The van der Waals surface area contributed by atoms with E-state index in [1.807, 2.05) is 29.8 Å². The molecular formula is C24H29N3O. The van der Waals surface area contributed by atoms with E-state index in [1.54, 1.807) is 29.6 Å². The zero-order valence-electron chi connectivity index (χ0n) is 16.7. The summed E-state index contributed by atoms with van der Waals surface area (Å²) in [6, 6.07) is 0. The fourth-order valence-corrected chi connectivity index (χ4v) is 3.02. The first-order valence-electron chi connectivity index (χ1n) is 9.46. The summed E-state index contributed by atoms with van der Waals surface area (Å²) in [6.07, 6.45) is 21.6. The molecule has 146 valence electrons. The Kier molecular flexibility index (Phi) is 8.22. The number of aromatic nitrogens is 2. The number of hydrogen-bond acceptors (Lipinski definition) is 2. The van der Waals surface area contributed by atoms with Crippen molar-refractivity contribution < 1.29 is 4.79 Å². The summed E-state index contributed by atoms with van der Waals surface area (Å²) in [5, 5.41) is 0. The van der Waals surface area contributed by atoms with Crippen molar-refractivity contribution in [1.82, 2.24) is 14.5 Å². The van der Waals surface area contributed by atoms with Gasteiger partial charge in [-0.2, -0.15) is 0 Å². The normalized spacial score (nSPS) is 14.4. The lowest BCUT2D eigenvalue weighted by Gasteiger charge is -2.19. The lowest BCUT2D eigenvalue weighted by atomic mass is 10.1. The van der Waals surface area contributed by atoms with E-state index in [0.29, 0.717) is 13.1 Å². The molecule has 0 unspecified atom stereocenters. The van der Waals surface area contributed by atoms with Gasteiger partial charge in [-0.3, -0.25) is 4.79 Å². The van der Waals surface area contributed by atoms with E-state index >= 15 is 0 Å². The minimum absolute atomic E-state index is 0.0626. The van der Waals surface area contributed by atoms with Gasteiger partial charge < -0.3 is 9.47 Å². The van der Waals surface area contributed by atoms with E-state index < -0.39 is 0 Å². The van der Waals surface area contributed by atoms with Crippen molar-refractivity contribution in [3.63, 3.8) is 0 Å². The number of hydrogen-bond donors (Lipinski definition) is 0. The van der Waals surface area contributed by atoms with Crippen LogP contribution in [0.3, 0.4) is 0 Å². The molecule has 2 rings (SSSR count). The number of carbonyl (C=O) groups is 1. The van der Waals surface area contributed by atoms with Gasteiger partial charge in [-0.15, -0.1) is 0 Å². The largest absolute Gasteiger partial charge is 0.330 e. The summed E-state index contributed by atoms with van der Waals surface area (Å²) in [7, 11) is 0. The Morgan fingerprint density at radius 2 is 2.14 bits per heavy atom. The van der Waals surface area contributed by atoms with Crippen molar-refractivity contribution in [2.24, 2.45) is 0 Å². The van der Waals surface area contributed by atoms with Crippen LogP contribution in [0.1, 0.15) is 25.5 Å². The fraction of sp³-hybridized carbons (Fsp3) is 0.250. The Morgan fingerprint density at radius 1 is 1.32 bits per heavy atom. The maximum Gasteiger partial charge on any atom is 0.250 e. The van der Waals surface area contributed by atoms with Gasteiger partial charge in [0.2, 0.25) is 0 Å². The Hall–Kier alpha value is -3.14. The Balaban J connectivity index is 2.05.